The number of carbonyl (C=O) groups is 1. The molecule has 1 atom stereocenters. The molecular weight excluding hydrogens is 366 g/mol. The SMILES string of the molecule is C[C@@H](Oc1ccc(Br)cc1)C(=O)NCc1ccc2ccccc2c1. The smallest absolute Gasteiger partial charge is 0.261 e. The average molecular weight is 384 g/mol. The van der Waals surface area contributed by atoms with Gasteiger partial charge in [0.15, 0.2) is 6.10 Å². The Labute approximate surface area is 149 Å². The lowest BCUT2D eigenvalue weighted by molar-refractivity contribution is -0.127. The van der Waals surface area contributed by atoms with Crippen LogP contribution in [0.5, 0.6) is 5.75 Å². The van der Waals surface area contributed by atoms with Crippen LogP contribution in [-0.4, -0.2) is 12.0 Å². The minimum Gasteiger partial charge on any atom is -0.481 e. The first kappa shape index (κ1) is 16.5. The zero-order valence-corrected chi connectivity index (χ0v) is 14.9. The molecule has 0 radical (unpaired) electrons. The highest BCUT2D eigenvalue weighted by atomic mass is 79.9. The molecular formula is C20H18BrNO2. The second-order valence-corrected chi connectivity index (χ2v) is 6.53. The van der Waals surface area contributed by atoms with Gasteiger partial charge < -0.3 is 10.1 Å². The van der Waals surface area contributed by atoms with E-state index in [1.165, 1.54) is 10.8 Å². The van der Waals surface area contributed by atoms with Crippen LogP contribution in [-0.2, 0) is 11.3 Å². The fraction of sp³-hybridized carbons (Fsp3) is 0.150. The summed E-state index contributed by atoms with van der Waals surface area (Å²) >= 11 is 3.37. The molecule has 0 aliphatic heterocycles. The molecule has 0 aromatic heterocycles. The summed E-state index contributed by atoms with van der Waals surface area (Å²) in [5, 5.41) is 5.29. The van der Waals surface area contributed by atoms with Crippen LogP contribution in [0.2, 0.25) is 0 Å². The van der Waals surface area contributed by atoms with E-state index in [1.54, 1.807) is 6.92 Å². The lowest BCUT2D eigenvalue weighted by atomic mass is 10.1. The van der Waals surface area contributed by atoms with Crippen LogP contribution < -0.4 is 10.1 Å². The van der Waals surface area contributed by atoms with E-state index >= 15 is 0 Å². The lowest BCUT2D eigenvalue weighted by Gasteiger charge is -2.15. The molecule has 0 aliphatic carbocycles. The number of fused-ring (bicyclic) bond motifs is 1. The van der Waals surface area contributed by atoms with Crippen molar-refractivity contribution in [3.63, 3.8) is 0 Å². The topological polar surface area (TPSA) is 38.3 Å². The third kappa shape index (κ3) is 4.15. The first-order valence-corrected chi connectivity index (χ1v) is 8.59. The van der Waals surface area contributed by atoms with Crippen molar-refractivity contribution in [2.24, 2.45) is 0 Å². The molecule has 122 valence electrons. The van der Waals surface area contributed by atoms with Crippen molar-refractivity contribution in [1.29, 1.82) is 0 Å². The summed E-state index contributed by atoms with van der Waals surface area (Å²) in [5.41, 5.74) is 1.07. The first-order valence-electron chi connectivity index (χ1n) is 7.79. The van der Waals surface area contributed by atoms with Gasteiger partial charge in [0.1, 0.15) is 5.75 Å². The maximum absolute atomic E-state index is 12.2. The third-order valence-electron chi connectivity index (χ3n) is 3.78. The molecule has 0 unspecified atom stereocenters. The summed E-state index contributed by atoms with van der Waals surface area (Å²) in [7, 11) is 0. The van der Waals surface area contributed by atoms with E-state index < -0.39 is 6.10 Å². The van der Waals surface area contributed by atoms with Gasteiger partial charge in [-0.2, -0.15) is 0 Å². The Morgan fingerprint density at radius 1 is 1.04 bits per heavy atom. The molecule has 0 saturated heterocycles. The highest BCUT2D eigenvalue weighted by molar-refractivity contribution is 9.10. The zero-order chi connectivity index (χ0) is 16.9. The van der Waals surface area contributed by atoms with E-state index in [2.05, 4.69) is 45.5 Å². The van der Waals surface area contributed by atoms with Crippen molar-refractivity contribution in [2.45, 2.75) is 19.6 Å². The molecule has 0 heterocycles. The van der Waals surface area contributed by atoms with Crippen molar-refractivity contribution in [3.05, 3.63) is 76.8 Å². The number of hydrogen-bond acceptors (Lipinski definition) is 2. The van der Waals surface area contributed by atoms with Gasteiger partial charge in [-0.15, -0.1) is 0 Å². The molecule has 0 aliphatic rings. The van der Waals surface area contributed by atoms with E-state index in [-0.39, 0.29) is 5.91 Å². The van der Waals surface area contributed by atoms with Crippen LogP contribution in [0.1, 0.15) is 12.5 Å². The van der Waals surface area contributed by atoms with Gasteiger partial charge in [0.2, 0.25) is 0 Å². The maximum Gasteiger partial charge on any atom is 0.261 e. The van der Waals surface area contributed by atoms with Crippen molar-refractivity contribution in [1.82, 2.24) is 5.32 Å². The quantitative estimate of drug-likeness (QED) is 0.693. The van der Waals surface area contributed by atoms with E-state index in [4.69, 9.17) is 4.74 Å². The third-order valence-corrected chi connectivity index (χ3v) is 4.31. The Kier molecular flexibility index (Phi) is 5.16. The molecule has 4 heteroatoms. The molecule has 1 amide bonds. The van der Waals surface area contributed by atoms with Crippen molar-refractivity contribution in [3.8, 4) is 5.75 Å². The number of amides is 1. The number of ether oxygens (including phenoxy) is 1. The largest absolute Gasteiger partial charge is 0.481 e. The monoisotopic (exact) mass is 383 g/mol. The van der Waals surface area contributed by atoms with E-state index in [1.807, 2.05) is 42.5 Å². The van der Waals surface area contributed by atoms with Crippen molar-refractivity contribution >= 4 is 32.6 Å². The Balaban J connectivity index is 1.58. The Bertz CT molecular complexity index is 846. The van der Waals surface area contributed by atoms with Gasteiger partial charge in [0, 0.05) is 11.0 Å². The molecule has 0 bridgehead atoms. The Hall–Kier alpha value is -2.33. The highest BCUT2D eigenvalue weighted by Gasteiger charge is 2.14. The fourth-order valence-electron chi connectivity index (χ4n) is 2.45. The van der Waals surface area contributed by atoms with Gasteiger partial charge >= 0.3 is 0 Å². The summed E-state index contributed by atoms with van der Waals surface area (Å²) < 4.78 is 6.63. The van der Waals surface area contributed by atoms with Gasteiger partial charge in [0.05, 0.1) is 0 Å². The molecule has 0 spiro atoms. The molecule has 0 saturated carbocycles. The number of hydrogen-bond donors (Lipinski definition) is 1. The first-order chi connectivity index (χ1) is 11.6. The summed E-state index contributed by atoms with van der Waals surface area (Å²) in [6, 6.07) is 21.8. The van der Waals surface area contributed by atoms with E-state index in [0.717, 1.165) is 10.0 Å². The number of halogens is 1. The van der Waals surface area contributed by atoms with Crippen LogP contribution in [0.15, 0.2) is 71.2 Å². The van der Waals surface area contributed by atoms with Crippen LogP contribution in [0.25, 0.3) is 10.8 Å². The van der Waals surface area contributed by atoms with Crippen LogP contribution in [0, 0.1) is 0 Å². The summed E-state index contributed by atoms with van der Waals surface area (Å²) in [6.45, 7) is 2.23. The number of nitrogens with one attached hydrogen (secondary N) is 1. The molecule has 3 aromatic rings. The van der Waals surface area contributed by atoms with Crippen LogP contribution >= 0.6 is 15.9 Å². The number of carbonyl (C=O) groups excluding carboxylic acids is 1. The van der Waals surface area contributed by atoms with Gasteiger partial charge in [-0.1, -0.05) is 52.3 Å². The maximum atomic E-state index is 12.2. The molecule has 0 fully saturated rings. The minimum atomic E-state index is -0.549. The molecule has 24 heavy (non-hydrogen) atoms. The fourth-order valence-corrected chi connectivity index (χ4v) is 2.72. The summed E-state index contributed by atoms with van der Waals surface area (Å²) in [5.74, 6) is 0.539. The van der Waals surface area contributed by atoms with Gasteiger partial charge in [-0.25, -0.2) is 0 Å². The standard InChI is InChI=1S/C20H18BrNO2/c1-14(24-19-10-8-18(21)9-11-19)20(23)22-13-15-6-7-16-4-2-3-5-17(16)12-15/h2-12,14H,13H2,1H3,(H,22,23)/t14-/m1/s1. The van der Waals surface area contributed by atoms with Gasteiger partial charge in [0.25, 0.3) is 5.91 Å². The highest BCUT2D eigenvalue weighted by Crippen LogP contribution is 2.18. The predicted octanol–water partition coefficient (Wildman–Crippen LogP) is 4.69. The predicted molar refractivity (Wildman–Crippen MR) is 100 cm³/mol. The second-order valence-electron chi connectivity index (χ2n) is 5.61. The van der Waals surface area contributed by atoms with E-state index in [0.29, 0.717) is 12.3 Å². The Morgan fingerprint density at radius 3 is 2.50 bits per heavy atom. The average Bonchev–Trinajstić information content (AvgIpc) is 2.61. The van der Waals surface area contributed by atoms with Crippen molar-refractivity contribution in [2.75, 3.05) is 0 Å². The molecule has 1 N–H and O–H groups in total. The molecule has 3 aromatic carbocycles. The summed E-state index contributed by atoms with van der Waals surface area (Å²) in [4.78, 5) is 12.2. The molecule has 3 rings (SSSR count). The molecule has 3 nitrogen and oxygen atoms in total. The number of benzene rings is 3. The normalized spacial score (nSPS) is 11.9. The minimum absolute atomic E-state index is 0.133. The van der Waals surface area contributed by atoms with Crippen molar-refractivity contribution < 1.29 is 9.53 Å². The summed E-state index contributed by atoms with van der Waals surface area (Å²) in [6.07, 6.45) is -0.549. The number of rotatable bonds is 5. The van der Waals surface area contributed by atoms with Crippen LogP contribution in [0.4, 0.5) is 0 Å². The van der Waals surface area contributed by atoms with E-state index in [9.17, 15) is 4.79 Å². The second kappa shape index (κ2) is 7.49. The lowest BCUT2D eigenvalue weighted by Crippen LogP contribution is -2.35. The Morgan fingerprint density at radius 2 is 1.75 bits per heavy atom. The zero-order valence-electron chi connectivity index (χ0n) is 13.3. The van der Waals surface area contributed by atoms with Gasteiger partial charge in [-0.3, -0.25) is 4.79 Å². The van der Waals surface area contributed by atoms with Gasteiger partial charge in [-0.05, 0) is 53.6 Å². The van der Waals surface area contributed by atoms with Crippen LogP contribution in [0.3, 0.4) is 0 Å².